The molecule has 2 aliphatic heterocycles. The lowest BCUT2D eigenvalue weighted by atomic mass is 9.98. The summed E-state index contributed by atoms with van der Waals surface area (Å²) in [7, 11) is 1.71. The molecule has 0 amide bonds. The SMILES string of the molecule is COc1cccc(-c2ccc(N3CCC(N4CCC(O)CC4)CC3)cc2)c1. The molecule has 2 aliphatic rings. The second-order valence-electron chi connectivity index (χ2n) is 7.76. The van der Waals surface area contributed by atoms with Gasteiger partial charge in [0.2, 0.25) is 0 Å². The molecule has 1 N–H and O–H groups in total. The predicted octanol–water partition coefficient (Wildman–Crippen LogP) is 3.79. The third-order valence-electron chi connectivity index (χ3n) is 6.12. The zero-order valence-corrected chi connectivity index (χ0v) is 16.2. The van der Waals surface area contributed by atoms with Gasteiger partial charge in [-0.1, -0.05) is 24.3 Å². The lowest BCUT2D eigenvalue weighted by Crippen LogP contribution is -2.48. The minimum atomic E-state index is -0.0792. The van der Waals surface area contributed by atoms with Crippen molar-refractivity contribution in [1.29, 1.82) is 0 Å². The van der Waals surface area contributed by atoms with Crippen LogP contribution in [0, 0.1) is 0 Å². The molecule has 2 fully saturated rings. The molecule has 0 radical (unpaired) electrons. The number of ether oxygens (including phenoxy) is 1. The summed E-state index contributed by atoms with van der Waals surface area (Å²) in [5.74, 6) is 0.892. The molecule has 2 saturated heterocycles. The van der Waals surface area contributed by atoms with Crippen molar-refractivity contribution in [3.05, 3.63) is 48.5 Å². The number of piperidine rings is 2. The van der Waals surface area contributed by atoms with E-state index in [0.717, 1.165) is 44.8 Å². The van der Waals surface area contributed by atoms with E-state index in [4.69, 9.17) is 4.74 Å². The fourth-order valence-electron chi connectivity index (χ4n) is 4.41. The van der Waals surface area contributed by atoms with Gasteiger partial charge in [-0.15, -0.1) is 0 Å². The third-order valence-corrected chi connectivity index (χ3v) is 6.12. The Kier molecular flexibility index (Phi) is 5.65. The van der Waals surface area contributed by atoms with E-state index in [9.17, 15) is 5.11 Å². The number of hydrogen-bond acceptors (Lipinski definition) is 4. The summed E-state index contributed by atoms with van der Waals surface area (Å²) in [5, 5.41) is 9.71. The number of methoxy groups -OCH3 is 1. The van der Waals surface area contributed by atoms with Crippen molar-refractivity contribution in [2.75, 3.05) is 38.2 Å². The van der Waals surface area contributed by atoms with Crippen LogP contribution in [0.1, 0.15) is 25.7 Å². The molecule has 0 atom stereocenters. The van der Waals surface area contributed by atoms with E-state index in [1.165, 1.54) is 29.7 Å². The van der Waals surface area contributed by atoms with Crippen LogP contribution in [-0.4, -0.2) is 55.4 Å². The van der Waals surface area contributed by atoms with Gasteiger partial charge in [0.25, 0.3) is 0 Å². The van der Waals surface area contributed by atoms with Crippen LogP contribution in [0.4, 0.5) is 5.69 Å². The summed E-state index contributed by atoms with van der Waals surface area (Å²) in [6.45, 7) is 4.34. The topological polar surface area (TPSA) is 35.9 Å². The highest BCUT2D eigenvalue weighted by Gasteiger charge is 2.27. The van der Waals surface area contributed by atoms with Gasteiger partial charge < -0.3 is 19.6 Å². The second-order valence-corrected chi connectivity index (χ2v) is 7.76. The van der Waals surface area contributed by atoms with Crippen LogP contribution in [-0.2, 0) is 0 Å². The molecule has 0 bridgehead atoms. The Morgan fingerprint density at radius 3 is 2.22 bits per heavy atom. The number of anilines is 1. The maximum Gasteiger partial charge on any atom is 0.119 e. The quantitative estimate of drug-likeness (QED) is 0.893. The van der Waals surface area contributed by atoms with Crippen molar-refractivity contribution in [3.63, 3.8) is 0 Å². The molecule has 4 rings (SSSR count). The molecule has 0 aromatic heterocycles. The van der Waals surface area contributed by atoms with E-state index < -0.39 is 0 Å². The number of aliphatic hydroxyl groups excluding tert-OH is 1. The van der Waals surface area contributed by atoms with Crippen LogP contribution < -0.4 is 9.64 Å². The fourth-order valence-corrected chi connectivity index (χ4v) is 4.41. The van der Waals surface area contributed by atoms with Crippen LogP contribution in [0.15, 0.2) is 48.5 Å². The first-order valence-electron chi connectivity index (χ1n) is 10.1. The van der Waals surface area contributed by atoms with Crippen molar-refractivity contribution >= 4 is 5.69 Å². The lowest BCUT2D eigenvalue weighted by Gasteiger charge is -2.41. The number of likely N-dealkylation sites (tertiary alicyclic amines) is 1. The number of benzene rings is 2. The average Bonchev–Trinajstić information content (AvgIpc) is 2.75. The number of nitrogens with zero attached hydrogens (tertiary/aromatic N) is 2. The van der Waals surface area contributed by atoms with Crippen LogP contribution in [0.2, 0.25) is 0 Å². The largest absolute Gasteiger partial charge is 0.497 e. The Bertz CT molecular complexity index is 730. The number of hydrogen-bond donors (Lipinski definition) is 1. The Balaban J connectivity index is 1.36. The number of rotatable bonds is 4. The highest BCUT2D eigenvalue weighted by atomic mass is 16.5. The smallest absolute Gasteiger partial charge is 0.119 e. The van der Waals surface area contributed by atoms with Crippen molar-refractivity contribution in [1.82, 2.24) is 4.90 Å². The molecule has 4 heteroatoms. The monoisotopic (exact) mass is 366 g/mol. The molecule has 2 heterocycles. The summed E-state index contributed by atoms with van der Waals surface area (Å²) in [6, 6.07) is 17.8. The van der Waals surface area contributed by atoms with Gasteiger partial charge in [0.1, 0.15) is 5.75 Å². The molecule has 2 aromatic carbocycles. The van der Waals surface area contributed by atoms with Gasteiger partial charge in [-0.25, -0.2) is 0 Å². The zero-order chi connectivity index (χ0) is 18.6. The van der Waals surface area contributed by atoms with Crippen LogP contribution in [0.3, 0.4) is 0 Å². The van der Waals surface area contributed by atoms with E-state index in [1.54, 1.807) is 7.11 Å². The molecule has 4 nitrogen and oxygen atoms in total. The normalized spacial score (nSPS) is 20.0. The van der Waals surface area contributed by atoms with Crippen molar-refractivity contribution < 1.29 is 9.84 Å². The first-order valence-corrected chi connectivity index (χ1v) is 10.1. The Morgan fingerprint density at radius 1 is 0.852 bits per heavy atom. The zero-order valence-electron chi connectivity index (χ0n) is 16.2. The molecule has 27 heavy (non-hydrogen) atoms. The van der Waals surface area contributed by atoms with Crippen LogP contribution in [0.5, 0.6) is 5.75 Å². The van der Waals surface area contributed by atoms with Crippen molar-refractivity contribution in [3.8, 4) is 16.9 Å². The van der Waals surface area contributed by atoms with Gasteiger partial charge in [-0.2, -0.15) is 0 Å². The first kappa shape index (κ1) is 18.3. The van der Waals surface area contributed by atoms with E-state index >= 15 is 0 Å². The highest BCUT2D eigenvalue weighted by molar-refractivity contribution is 5.67. The minimum absolute atomic E-state index is 0.0792. The van der Waals surface area contributed by atoms with Gasteiger partial charge in [-0.05, 0) is 61.1 Å². The summed E-state index contributed by atoms with van der Waals surface area (Å²) >= 11 is 0. The average molecular weight is 367 g/mol. The molecule has 144 valence electrons. The summed E-state index contributed by atoms with van der Waals surface area (Å²) < 4.78 is 5.34. The van der Waals surface area contributed by atoms with Gasteiger partial charge in [0.15, 0.2) is 0 Å². The van der Waals surface area contributed by atoms with Crippen molar-refractivity contribution in [2.45, 2.75) is 37.8 Å². The molecule has 0 unspecified atom stereocenters. The van der Waals surface area contributed by atoms with Gasteiger partial charge in [0.05, 0.1) is 13.2 Å². The molecular weight excluding hydrogens is 336 g/mol. The Hall–Kier alpha value is -2.04. The molecule has 0 aliphatic carbocycles. The van der Waals surface area contributed by atoms with Crippen LogP contribution in [0.25, 0.3) is 11.1 Å². The maximum absolute atomic E-state index is 9.71. The summed E-state index contributed by atoms with van der Waals surface area (Å²) in [5.41, 5.74) is 3.72. The fraction of sp³-hybridized carbons (Fsp3) is 0.478. The minimum Gasteiger partial charge on any atom is -0.497 e. The van der Waals surface area contributed by atoms with Crippen molar-refractivity contribution in [2.24, 2.45) is 0 Å². The highest BCUT2D eigenvalue weighted by Crippen LogP contribution is 2.28. The van der Waals surface area contributed by atoms with Gasteiger partial charge in [-0.3, -0.25) is 0 Å². The summed E-state index contributed by atoms with van der Waals surface area (Å²) in [4.78, 5) is 5.10. The van der Waals surface area contributed by atoms with E-state index in [2.05, 4.69) is 46.2 Å². The Morgan fingerprint density at radius 2 is 1.56 bits per heavy atom. The number of aliphatic hydroxyl groups is 1. The van der Waals surface area contributed by atoms with Gasteiger partial charge in [0, 0.05) is 37.9 Å². The predicted molar refractivity (Wildman–Crippen MR) is 110 cm³/mol. The molecule has 0 saturated carbocycles. The standard InChI is InChI=1S/C23H30N2O2/c1-27-23-4-2-3-19(17-23)18-5-7-20(8-6-18)24-13-9-21(10-14-24)25-15-11-22(26)12-16-25/h2-8,17,21-22,26H,9-16H2,1H3. The maximum atomic E-state index is 9.71. The summed E-state index contributed by atoms with van der Waals surface area (Å²) in [6.07, 6.45) is 4.23. The Labute approximate surface area is 162 Å². The molecule has 0 spiro atoms. The molecular formula is C23H30N2O2. The lowest BCUT2D eigenvalue weighted by molar-refractivity contribution is 0.0542. The first-order chi connectivity index (χ1) is 13.2. The van der Waals surface area contributed by atoms with E-state index in [1.807, 2.05) is 12.1 Å². The molecule has 2 aromatic rings. The van der Waals surface area contributed by atoms with Gasteiger partial charge >= 0.3 is 0 Å². The van der Waals surface area contributed by atoms with E-state index in [-0.39, 0.29) is 6.10 Å². The van der Waals surface area contributed by atoms with E-state index in [0.29, 0.717) is 6.04 Å². The second kappa shape index (κ2) is 8.32. The third kappa shape index (κ3) is 4.28. The van der Waals surface area contributed by atoms with Crippen LogP contribution >= 0.6 is 0 Å².